The van der Waals surface area contributed by atoms with Gasteiger partial charge in [0.2, 0.25) is 0 Å². The highest BCUT2D eigenvalue weighted by Crippen LogP contribution is 2.29. The molecule has 2 rings (SSSR count). The van der Waals surface area contributed by atoms with Crippen molar-refractivity contribution in [1.29, 1.82) is 0 Å². The SMILES string of the molecule is CCCCCC1CC=C(N2CCOCC2)CC1. The summed E-state index contributed by atoms with van der Waals surface area (Å²) in [6.45, 7) is 6.32. The molecule has 0 N–H and O–H groups in total. The first-order valence-electron chi connectivity index (χ1n) is 7.42. The minimum atomic E-state index is 0.914. The van der Waals surface area contributed by atoms with Crippen LogP contribution in [-0.4, -0.2) is 31.2 Å². The first-order valence-corrected chi connectivity index (χ1v) is 7.42. The Morgan fingerprint density at radius 1 is 1.29 bits per heavy atom. The van der Waals surface area contributed by atoms with E-state index in [4.69, 9.17) is 4.74 Å². The molecule has 0 amide bonds. The number of unbranched alkanes of at least 4 members (excludes halogenated alkanes) is 2. The van der Waals surface area contributed by atoms with Crippen LogP contribution in [0.2, 0.25) is 0 Å². The number of rotatable bonds is 5. The zero-order valence-electron chi connectivity index (χ0n) is 11.3. The average Bonchev–Trinajstić information content (AvgIpc) is 2.41. The van der Waals surface area contributed by atoms with Gasteiger partial charge in [-0.25, -0.2) is 0 Å². The van der Waals surface area contributed by atoms with E-state index in [-0.39, 0.29) is 0 Å². The number of morpholine rings is 1. The van der Waals surface area contributed by atoms with Gasteiger partial charge in [-0.15, -0.1) is 0 Å². The highest BCUT2D eigenvalue weighted by Gasteiger charge is 2.19. The predicted octanol–water partition coefficient (Wildman–Crippen LogP) is 3.58. The van der Waals surface area contributed by atoms with E-state index in [1.807, 2.05) is 0 Å². The zero-order valence-corrected chi connectivity index (χ0v) is 11.3. The molecule has 1 atom stereocenters. The van der Waals surface area contributed by atoms with Gasteiger partial charge < -0.3 is 9.64 Å². The molecule has 1 unspecified atom stereocenters. The Balaban J connectivity index is 1.72. The summed E-state index contributed by atoms with van der Waals surface area (Å²) in [7, 11) is 0. The minimum absolute atomic E-state index is 0.914. The maximum atomic E-state index is 5.41. The lowest BCUT2D eigenvalue weighted by atomic mass is 9.87. The Hall–Kier alpha value is -0.500. The number of allylic oxidation sites excluding steroid dienone is 2. The highest BCUT2D eigenvalue weighted by atomic mass is 16.5. The van der Waals surface area contributed by atoms with Gasteiger partial charge in [0.25, 0.3) is 0 Å². The topological polar surface area (TPSA) is 12.5 Å². The van der Waals surface area contributed by atoms with E-state index >= 15 is 0 Å². The number of hydrogen-bond acceptors (Lipinski definition) is 2. The Kier molecular flexibility index (Phi) is 5.37. The molecule has 98 valence electrons. The molecule has 0 aromatic rings. The van der Waals surface area contributed by atoms with Crippen molar-refractivity contribution in [1.82, 2.24) is 4.90 Å². The quantitative estimate of drug-likeness (QED) is 0.678. The summed E-state index contributed by atoms with van der Waals surface area (Å²) in [6, 6.07) is 0. The minimum Gasteiger partial charge on any atom is -0.378 e. The lowest BCUT2D eigenvalue weighted by Gasteiger charge is -2.34. The van der Waals surface area contributed by atoms with Crippen molar-refractivity contribution in [2.24, 2.45) is 5.92 Å². The molecular weight excluding hydrogens is 210 g/mol. The largest absolute Gasteiger partial charge is 0.378 e. The Morgan fingerprint density at radius 3 is 2.76 bits per heavy atom. The molecule has 2 heteroatoms. The molecule has 0 bridgehead atoms. The van der Waals surface area contributed by atoms with E-state index in [2.05, 4.69) is 17.9 Å². The van der Waals surface area contributed by atoms with Crippen LogP contribution >= 0.6 is 0 Å². The van der Waals surface area contributed by atoms with Crippen LogP contribution < -0.4 is 0 Å². The second kappa shape index (κ2) is 7.05. The second-order valence-corrected chi connectivity index (χ2v) is 5.43. The van der Waals surface area contributed by atoms with E-state index in [1.165, 1.54) is 44.9 Å². The molecule has 2 nitrogen and oxygen atoms in total. The van der Waals surface area contributed by atoms with Crippen LogP contribution in [0.1, 0.15) is 51.9 Å². The molecule has 2 aliphatic rings. The van der Waals surface area contributed by atoms with Crippen LogP contribution in [0.5, 0.6) is 0 Å². The van der Waals surface area contributed by atoms with Crippen molar-refractivity contribution in [3.63, 3.8) is 0 Å². The molecule has 0 radical (unpaired) electrons. The van der Waals surface area contributed by atoms with Crippen molar-refractivity contribution in [3.05, 3.63) is 11.8 Å². The molecule has 1 saturated heterocycles. The highest BCUT2D eigenvalue weighted by molar-refractivity contribution is 5.06. The normalized spacial score (nSPS) is 25.8. The van der Waals surface area contributed by atoms with Gasteiger partial charge in [0.15, 0.2) is 0 Å². The Morgan fingerprint density at radius 2 is 2.12 bits per heavy atom. The van der Waals surface area contributed by atoms with E-state index in [0.717, 1.165) is 32.2 Å². The van der Waals surface area contributed by atoms with Gasteiger partial charge in [-0.2, -0.15) is 0 Å². The molecule has 1 fully saturated rings. The summed E-state index contributed by atoms with van der Waals surface area (Å²) in [5.74, 6) is 0.964. The van der Waals surface area contributed by atoms with E-state index in [9.17, 15) is 0 Å². The monoisotopic (exact) mass is 237 g/mol. The number of hydrogen-bond donors (Lipinski definition) is 0. The average molecular weight is 237 g/mol. The van der Waals surface area contributed by atoms with Gasteiger partial charge in [-0.3, -0.25) is 0 Å². The van der Waals surface area contributed by atoms with Crippen LogP contribution in [0.4, 0.5) is 0 Å². The maximum absolute atomic E-state index is 5.41. The molecule has 1 aliphatic heterocycles. The first kappa shape index (κ1) is 12.9. The van der Waals surface area contributed by atoms with Crippen LogP contribution in [-0.2, 0) is 4.74 Å². The van der Waals surface area contributed by atoms with Gasteiger partial charge in [-0.1, -0.05) is 38.7 Å². The molecule has 1 heterocycles. The maximum Gasteiger partial charge on any atom is 0.0642 e. The third-order valence-corrected chi connectivity index (χ3v) is 4.13. The van der Waals surface area contributed by atoms with Gasteiger partial charge in [0.05, 0.1) is 13.2 Å². The summed E-state index contributed by atoms with van der Waals surface area (Å²) in [5, 5.41) is 0. The summed E-state index contributed by atoms with van der Waals surface area (Å²) < 4.78 is 5.41. The fraction of sp³-hybridized carbons (Fsp3) is 0.867. The summed E-state index contributed by atoms with van der Waals surface area (Å²) in [5.41, 5.74) is 1.60. The van der Waals surface area contributed by atoms with Crippen LogP contribution in [0, 0.1) is 5.92 Å². The Bertz CT molecular complexity index is 243. The lowest BCUT2D eigenvalue weighted by Crippen LogP contribution is -2.36. The van der Waals surface area contributed by atoms with E-state index < -0.39 is 0 Å². The standard InChI is InChI=1S/C15H27NO/c1-2-3-4-5-14-6-8-15(9-7-14)16-10-12-17-13-11-16/h8,14H,2-7,9-13H2,1H3. The van der Waals surface area contributed by atoms with E-state index in [0.29, 0.717) is 0 Å². The van der Waals surface area contributed by atoms with Gasteiger partial charge >= 0.3 is 0 Å². The van der Waals surface area contributed by atoms with Crippen molar-refractivity contribution in [3.8, 4) is 0 Å². The lowest BCUT2D eigenvalue weighted by molar-refractivity contribution is 0.0506. The van der Waals surface area contributed by atoms with Gasteiger partial charge in [0, 0.05) is 18.8 Å². The van der Waals surface area contributed by atoms with Crippen molar-refractivity contribution < 1.29 is 4.74 Å². The molecule has 0 saturated carbocycles. The molecule has 0 aromatic heterocycles. The number of nitrogens with zero attached hydrogens (tertiary/aromatic N) is 1. The van der Waals surface area contributed by atoms with Crippen LogP contribution in [0.15, 0.2) is 11.8 Å². The second-order valence-electron chi connectivity index (χ2n) is 5.43. The van der Waals surface area contributed by atoms with Crippen molar-refractivity contribution >= 4 is 0 Å². The fourth-order valence-corrected chi connectivity index (χ4v) is 2.96. The van der Waals surface area contributed by atoms with E-state index in [1.54, 1.807) is 5.70 Å². The molecule has 1 aliphatic carbocycles. The summed E-state index contributed by atoms with van der Waals surface area (Å²) in [6.07, 6.45) is 12.2. The molecule has 0 spiro atoms. The third kappa shape index (κ3) is 4.02. The first-order chi connectivity index (χ1) is 8.40. The third-order valence-electron chi connectivity index (χ3n) is 4.13. The fourth-order valence-electron chi connectivity index (χ4n) is 2.96. The Labute approximate surface area is 106 Å². The van der Waals surface area contributed by atoms with Crippen molar-refractivity contribution in [2.75, 3.05) is 26.3 Å². The predicted molar refractivity (Wildman–Crippen MR) is 72.0 cm³/mol. The van der Waals surface area contributed by atoms with Crippen LogP contribution in [0.3, 0.4) is 0 Å². The van der Waals surface area contributed by atoms with Gasteiger partial charge in [0.1, 0.15) is 0 Å². The van der Waals surface area contributed by atoms with Gasteiger partial charge in [-0.05, 0) is 25.2 Å². The molecule has 17 heavy (non-hydrogen) atoms. The van der Waals surface area contributed by atoms with Crippen LogP contribution in [0.25, 0.3) is 0 Å². The summed E-state index contributed by atoms with van der Waals surface area (Å²) >= 11 is 0. The zero-order chi connectivity index (χ0) is 11.9. The number of ether oxygens (including phenoxy) is 1. The summed E-state index contributed by atoms with van der Waals surface area (Å²) in [4.78, 5) is 2.53. The molecule has 0 aromatic carbocycles. The van der Waals surface area contributed by atoms with Crippen molar-refractivity contribution in [2.45, 2.75) is 51.9 Å². The molecular formula is C15H27NO. The smallest absolute Gasteiger partial charge is 0.0642 e.